The molecule has 1 aromatic heterocycles. The number of aliphatic imine (C=N–C) groups is 1. The second-order valence-electron chi connectivity index (χ2n) is 6.47. The minimum atomic E-state index is -0.362. The molecule has 0 aliphatic carbocycles. The van der Waals surface area contributed by atoms with Gasteiger partial charge in [0.1, 0.15) is 0 Å². The lowest BCUT2D eigenvalue weighted by Crippen LogP contribution is -2.09. The van der Waals surface area contributed by atoms with E-state index < -0.39 is 0 Å². The minimum absolute atomic E-state index is 0.239. The highest BCUT2D eigenvalue weighted by Gasteiger charge is 2.17. The predicted octanol–water partition coefficient (Wildman–Crippen LogP) is 4.36. The Balaban J connectivity index is 1.70. The number of ether oxygens (including phenoxy) is 3. The SMILES string of the molecule is COC(=O)c1ccccc1-n1c(C)cc(C=Nc2ccc3c(c2)OCO3)c1C. The molecule has 1 aliphatic heterocycles. The van der Waals surface area contributed by atoms with Crippen LogP contribution >= 0.6 is 0 Å². The van der Waals surface area contributed by atoms with Gasteiger partial charge in [0.2, 0.25) is 6.79 Å². The van der Waals surface area contributed by atoms with Crippen molar-refractivity contribution in [2.45, 2.75) is 13.8 Å². The fourth-order valence-corrected chi connectivity index (χ4v) is 3.35. The van der Waals surface area contributed by atoms with Crippen LogP contribution in [0.2, 0.25) is 0 Å². The minimum Gasteiger partial charge on any atom is -0.465 e. The number of nitrogens with zero attached hydrogens (tertiary/aromatic N) is 2. The van der Waals surface area contributed by atoms with E-state index in [1.807, 2.05) is 67.1 Å². The van der Waals surface area contributed by atoms with Crippen molar-refractivity contribution in [2.24, 2.45) is 4.99 Å². The molecule has 0 spiro atoms. The van der Waals surface area contributed by atoms with Gasteiger partial charge in [0.05, 0.1) is 24.0 Å². The van der Waals surface area contributed by atoms with E-state index in [0.717, 1.165) is 34.1 Å². The van der Waals surface area contributed by atoms with Gasteiger partial charge in [-0.05, 0) is 44.2 Å². The Morgan fingerprint density at radius 2 is 1.89 bits per heavy atom. The van der Waals surface area contributed by atoms with E-state index in [1.54, 1.807) is 6.07 Å². The third kappa shape index (κ3) is 3.13. The van der Waals surface area contributed by atoms with Gasteiger partial charge in [0, 0.05) is 29.2 Å². The third-order valence-corrected chi connectivity index (χ3v) is 4.73. The van der Waals surface area contributed by atoms with Gasteiger partial charge < -0.3 is 18.8 Å². The number of carbonyl (C=O) groups is 1. The molecule has 6 heteroatoms. The van der Waals surface area contributed by atoms with Crippen molar-refractivity contribution in [3.8, 4) is 17.2 Å². The van der Waals surface area contributed by atoms with Crippen LogP contribution in [0.25, 0.3) is 5.69 Å². The highest BCUT2D eigenvalue weighted by atomic mass is 16.7. The first kappa shape index (κ1) is 17.9. The Labute approximate surface area is 163 Å². The summed E-state index contributed by atoms with van der Waals surface area (Å²) >= 11 is 0. The van der Waals surface area contributed by atoms with Gasteiger partial charge in [0.15, 0.2) is 11.5 Å². The topological polar surface area (TPSA) is 62.1 Å². The number of esters is 1. The van der Waals surface area contributed by atoms with Crippen LogP contribution < -0.4 is 9.47 Å². The van der Waals surface area contributed by atoms with Gasteiger partial charge in [-0.15, -0.1) is 0 Å². The fraction of sp³-hybridized carbons (Fsp3) is 0.182. The molecule has 0 radical (unpaired) electrons. The molecular formula is C22H20N2O4. The molecule has 4 rings (SSSR count). The molecule has 2 aromatic carbocycles. The van der Waals surface area contributed by atoms with E-state index >= 15 is 0 Å². The molecular weight excluding hydrogens is 356 g/mol. The van der Waals surface area contributed by atoms with Gasteiger partial charge in [-0.2, -0.15) is 0 Å². The molecule has 0 bridgehead atoms. The van der Waals surface area contributed by atoms with Gasteiger partial charge in [-0.25, -0.2) is 4.79 Å². The van der Waals surface area contributed by atoms with Crippen molar-refractivity contribution in [3.63, 3.8) is 0 Å². The van der Waals surface area contributed by atoms with Crippen molar-refractivity contribution in [1.82, 2.24) is 4.57 Å². The number of rotatable bonds is 4. The molecule has 0 N–H and O–H groups in total. The van der Waals surface area contributed by atoms with Gasteiger partial charge in [0.25, 0.3) is 0 Å². The quantitative estimate of drug-likeness (QED) is 0.501. The van der Waals surface area contributed by atoms with Crippen LogP contribution in [-0.4, -0.2) is 30.7 Å². The van der Waals surface area contributed by atoms with Crippen molar-refractivity contribution < 1.29 is 19.0 Å². The zero-order valence-electron chi connectivity index (χ0n) is 15.9. The standard InChI is InChI=1S/C22H20N2O4/c1-14-10-16(12-23-17-8-9-20-21(11-17)28-13-27-20)15(2)24(14)19-7-5-4-6-18(19)22(25)26-3/h4-12H,13H2,1-3H3. The summed E-state index contributed by atoms with van der Waals surface area (Å²) in [6.07, 6.45) is 1.82. The van der Waals surface area contributed by atoms with Gasteiger partial charge >= 0.3 is 5.97 Å². The molecule has 0 atom stereocenters. The Morgan fingerprint density at radius 1 is 1.11 bits per heavy atom. The molecule has 1 aliphatic rings. The summed E-state index contributed by atoms with van der Waals surface area (Å²) in [4.78, 5) is 16.7. The summed E-state index contributed by atoms with van der Waals surface area (Å²) in [6, 6.07) is 15.0. The van der Waals surface area contributed by atoms with E-state index in [0.29, 0.717) is 11.3 Å². The van der Waals surface area contributed by atoms with Crippen LogP contribution in [0, 0.1) is 13.8 Å². The lowest BCUT2D eigenvalue weighted by atomic mass is 10.1. The zero-order valence-corrected chi connectivity index (χ0v) is 15.9. The molecule has 2 heterocycles. The molecule has 0 saturated carbocycles. The summed E-state index contributed by atoms with van der Waals surface area (Å²) in [6.45, 7) is 4.24. The summed E-state index contributed by atoms with van der Waals surface area (Å²) in [5, 5.41) is 0. The number of carbonyl (C=O) groups excluding carboxylic acids is 1. The monoisotopic (exact) mass is 376 g/mol. The van der Waals surface area contributed by atoms with E-state index in [9.17, 15) is 4.79 Å². The van der Waals surface area contributed by atoms with E-state index in [2.05, 4.69) is 4.99 Å². The normalized spacial score (nSPS) is 12.5. The molecule has 0 saturated heterocycles. The summed E-state index contributed by atoms with van der Waals surface area (Å²) < 4.78 is 17.7. The average Bonchev–Trinajstić information content (AvgIpc) is 3.29. The van der Waals surface area contributed by atoms with E-state index in [1.165, 1.54) is 7.11 Å². The maximum absolute atomic E-state index is 12.2. The first-order valence-corrected chi connectivity index (χ1v) is 8.89. The highest BCUT2D eigenvalue weighted by molar-refractivity contribution is 5.94. The zero-order chi connectivity index (χ0) is 19.7. The molecule has 0 fully saturated rings. The molecule has 0 amide bonds. The summed E-state index contributed by atoms with van der Waals surface area (Å²) in [5.74, 6) is 1.07. The first-order chi connectivity index (χ1) is 13.6. The second-order valence-corrected chi connectivity index (χ2v) is 6.47. The van der Waals surface area contributed by atoms with Crippen LogP contribution in [0.4, 0.5) is 5.69 Å². The molecule has 3 aromatic rings. The molecule has 28 heavy (non-hydrogen) atoms. The van der Waals surface area contributed by atoms with Crippen LogP contribution in [-0.2, 0) is 4.74 Å². The third-order valence-electron chi connectivity index (χ3n) is 4.73. The van der Waals surface area contributed by atoms with Crippen molar-refractivity contribution in [1.29, 1.82) is 0 Å². The number of hydrogen-bond donors (Lipinski definition) is 0. The van der Waals surface area contributed by atoms with Crippen molar-refractivity contribution in [3.05, 3.63) is 71.0 Å². The van der Waals surface area contributed by atoms with Crippen molar-refractivity contribution in [2.75, 3.05) is 13.9 Å². The van der Waals surface area contributed by atoms with Crippen LogP contribution in [0.1, 0.15) is 27.3 Å². The average molecular weight is 376 g/mol. The first-order valence-electron chi connectivity index (χ1n) is 8.89. The van der Waals surface area contributed by atoms with Gasteiger partial charge in [-0.1, -0.05) is 12.1 Å². The molecule has 142 valence electrons. The summed E-state index contributed by atoms with van der Waals surface area (Å²) in [5.41, 5.74) is 5.04. The number of benzene rings is 2. The number of methoxy groups -OCH3 is 1. The lowest BCUT2D eigenvalue weighted by molar-refractivity contribution is 0.0600. The number of para-hydroxylation sites is 1. The highest BCUT2D eigenvalue weighted by Crippen LogP contribution is 2.35. The van der Waals surface area contributed by atoms with Crippen LogP contribution in [0.15, 0.2) is 53.5 Å². The largest absolute Gasteiger partial charge is 0.465 e. The predicted molar refractivity (Wildman–Crippen MR) is 106 cm³/mol. The Bertz CT molecular complexity index is 1080. The molecule has 0 unspecified atom stereocenters. The summed E-state index contributed by atoms with van der Waals surface area (Å²) in [7, 11) is 1.39. The fourth-order valence-electron chi connectivity index (χ4n) is 3.35. The second kappa shape index (κ2) is 7.23. The number of fused-ring (bicyclic) bond motifs is 1. The van der Waals surface area contributed by atoms with Crippen molar-refractivity contribution >= 4 is 17.9 Å². The van der Waals surface area contributed by atoms with E-state index in [4.69, 9.17) is 14.2 Å². The number of aryl methyl sites for hydroxylation is 1. The Morgan fingerprint density at radius 3 is 2.71 bits per heavy atom. The maximum atomic E-state index is 12.2. The van der Waals surface area contributed by atoms with Crippen LogP contribution in [0.5, 0.6) is 11.5 Å². The maximum Gasteiger partial charge on any atom is 0.339 e. The van der Waals surface area contributed by atoms with Crippen LogP contribution in [0.3, 0.4) is 0 Å². The van der Waals surface area contributed by atoms with E-state index in [-0.39, 0.29) is 12.8 Å². The van der Waals surface area contributed by atoms with Gasteiger partial charge in [-0.3, -0.25) is 4.99 Å². The Hall–Kier alpha value is -3.54. The number of hydrogen-bond acceptors (Lipinski definition) is 5. The smallest absolute Gasteiger partial charge is 0.339 e. The molecule has 6 nitrogen and oxygen atoms in total. The Kier molecular flexibility index (Phi) is 4.61. The lowest BCUT2D eigenvalue weighted by Gasteiger charge is -2.13. The number of aromatic nitrogens is 1.